The third kappa shape index (κ3) is 2.14. The Labute approximate surface area is 102 Å². The Bertz CT molecular complexity index is 630. The highest BCUT2D eigenvalue weighted by Gasteiger charge is 2.04. The number of aryl methyl sites for hydroxylation is 1. The van der Waals surface area contributed by atoms with E-state index >= 15 is 0 Å². The average Bonchev–Trinajstić information content (AvgIpc) is 2.94. The van der Waals surface area contributed by atoms with Crippen LogP contribution >= 0.6 is 11.3 Å². The first-order valence-corrected chi connectivity index (χ1v) is 6.13. The van der Waals surface area contributed by atoms with Crippen molar-refractivity contribution in [2.75, 3.05) is 5.32 Å². The summed E-state index contributed by atoms with van der Waals surface area (Å²) in [5, 5.41) is 7.99. The molecule has 2 aromatic heterocycles. The molecular formula is C12H11N3OS. The van der Waals surface area contributed by atoms with Gasteiger partial charge in [-0.1, -0.05) is 22.6 Å². The Kier molecular flexibility index (Phi) is 2.53. The number of nitrogens with one attached hydrogen (secondary N) is 1. The summed E-state index contributed by atoms with van der Waals surface area (Å²) in [6.07, 6.45) is 1.57. The van der Waals surface area contributed by atoms with Crippen LogP contribution in [0.3, 0.4) is 0 Å². The number of thiazole rings is 1. The third-order valence-electron chi connectivity index (χ3n) is 2.46. The van der Waals surface area contributed by atoms with Crippen LogP contribution in [-0.4, -0.2) is 10.1 Å². The second-order valence-corrected chi connectivity index (χ2v) is 4.87. The molecule has 0 radical (unpaired) electrons. The zero-order valence-corrected chi connectivity index (χ0v) is 10.1. The van der Waals surface area contributed by atoms with Crippen molar-refractivity contribution in [2.45, 2.75) is 13.5 Å². The Balaban J connectivity index is 1.81. The van der Waals surface area contributed by atoms with Crippen LogP contribution in [0.1, 0.15) is 11.3 Å². The topological polar surface area (TPSA) is 51.0 Å². The molecule has 0 saturated heterocycles. The second kappa shape index (κ2) is 4.18. The van der Waals surface area contributed by atoms with Crippen LogP contribution in [0.15, 0.2) is 35.1 Å². The summed E-state index contributed by atoms with van der Waals surface area (Å²) in [5.41, 5.74) is 3.16. The maximum absolute atomic E-state index is 4.77. The molecule has 0 aliphatic carbocycles. The number of nitrogens with zero attached hydrogens (tertiary/aromatic N) is 2. The molecule has 3 aromatic rings. The molecule has 5 heteroatoms. The van der Waals surface area contributed by atoms with E-state index in [1.807, 2.05) is 12.1 Å². The zero-order chi connectivity index (χ0) is 11.7. The van der Waals surface area contributed by atoms with Crippen molar-refractivity contribution in [1.29, 1.82) is 0 Å². The standard InChI is InChI=1S/C12H11N3OS/c1-8-2-3-10-11(6-8)17-12(14-10)13-7-9-4-5-16-15-9/h2-6H,7H2,1H3,(H,13,14). The minimum absolute atomic E-state index is 0.634. The highest BCUT2D eigenvalue weighted by atomic mass is 32.1. The van der Waals surface area contributed by atoms with Gasteiger partial charge in [0.05, 0.1) is 16.8 Å². The van der Waals surface area contributed by atoms with Crippen LogP contribution in [0.5, 0.6) is 0 Å². The summed E-state index contributed by atoms with van der Waals surface area (Å²) in [5.74, 6) is 0. The van der Waals surface area contributed by atoms with Crippen molar-refractivity contribution in [3.8, 4) is 0 Å². The number of anilines is 1. The van der Waals surface area contributed by atoms with Crippen molar-refractivity contribution >= 4 is 26.7 Å². The fraction of sp³-hybridized carbons (Fsp3) is 0.167. The van der Waals surface area contributed by atoms with Gasteiger partial charge in [-0.15, -0.1) is 0 Å². The van der Waals surface area contributed by atoms with Gasteiger partial charge in [-0.25, -0.2) is 4.98 Å². The summed E-state index contributed by atoms with van der Waals surface area (Å²) in [6.45, 7) is 2.72. The quantitative estimate of drug-likeness (QED) is 0.769. The van der Waals surface area contributed by atoms with Crippen LogP contribution in [0.25, 0.3) is 10.2 Å². The van der Waals surface area contributed by atoms with Gasteiger partial charge in [0.2, 0.25) is 0 Å². The molecule has 0 aliphatic heterocycles. The first-order chi connectivity index (χ1) is 8.31. The molecule has 86 valence electrons. The second-order valence-electron chi connectivity index (χ2n) is 3.83. The van der Waals surface area contributed by atoms with Gasteiger partial charge in [-0.2, -0.15) is 0 Å². The molecule has 0 saturated carbocycles. The van der Waals surface area contributed by atoms with Crippen molar-refractivity contribution in [1.82, 2.24) is 10.1 Å². The minimum Gasteiger partial charge on any atom is -0.364 e. The lowest BCUT2D eigenvalue weighted by molar-refractivity contribution is 0.412. The lowest BCUT2D eigenvalue weighted by Crippen LogP contribution is -1.98. The Morgan fingerprint density at radius 1 is 1.35 bits per heavy atom. The van der Waals surface area contributed by atoms with E-state index in [1.54, 1.807) is 17.6 Å². The third-order valence-corrected chi connectivity index (χ3v) is 3.43. The summed E-state index contributed by atoms with van der Waals surface area (Å²) < 4.78 is 5.97. The first kappa shape index (κ1) is 10.3. The molecular weight excluding hydrogens is 234 g/mol. The van der Waals surface area contributed by atoms with Gasteiger partial charge in [0.25, 0.3) is 0 Å². The SMILES string of the molecule is Cc1ccc2nc(NCc3ccon3)sc2c1. The normalized spacial score (nSPS) is 10.9. The lowest BCUT2D eigenvalue weighted by Gasteiger charge is -1.96. The van der Waals surface area contributed by atoms with E-state index < -0.39 is 0 Å². The van der Waals surface area contributed by atoms with Gasteiger partial charge in [0.1, 0.15) is 12.0 Å². The maximum Gasteiger partial charge on any atom is 0.184 e. The number of rotatable bonds is 3. The molecule has 0 fully saturated rings. The largest absolute Gasteiger partial charge is 0.364 e. The Hall–Kier alpha value is -1.88. The van der Waals surface area contributed by atoms with Crippen LogP contribution in [-0.2, 0) is 6.54 Å². The molecule has 1 aromatic carbocycles. The number of aromatic nitrogens is 2. The molecule has 0 atom stereocenters. The maximum atomic E-state index is 4.77. The van der Waals surface area contributed by atoms with Crippen molar-refractivity contribution in [2.24, 2.45) is 0 Å². The van der Waals surface area contributed by atoms with Crippen molar-refractivity contribution in [3.05, 3.63) is 41.8 Å². The van der Waals surface area contributed by atoms with Gasteiger partial charge >= 0.3 is 0 Å². The monoisotopic (exact) mass is 245 g/mol. The van der Waals surface area contributed by atoms with E-state index in [2.05, 4.69) is 34.5 Å². The van der Waals surface area contributed by atoms with Crippen LogP contribution in [0, 0.1) is 6.92 Å². The van der Waals surface area contributed by atoms with Gasteiger partial charge < -0.3 is 9.84 Å². The molecule has 0 unspecified atom stereocenters. The van der Waals surface area contributed by atoms with Crippen molar-refractivity contribution in [3.63, 3.8) is 0 Å². The molecule has 1 N–H and O–H groups in total. The van der Waals surface area contributed by atoms with E-state index in [1.165, 1.54) is 10.3 Å². The van der Waals surface area contributed by atoms with E-state index in [9.17, 15) is 0 Å². The minimum atomic E-state index is 0.634. The zero-order valence-electron chi connectivity index (χ0n) is 9.30. The number of fused-ring (bicyclic) bond motifs is 1. The fourth-order valence-corrected chi connectivity index (χ4v) is 2.56. The number of benzene rings is 1. The van der Waals surface area contributed by atoms with Gasteiger partial charge in [-0.3, -0.25) is 0 Å². The molecule has 17 heavy (non-hydrogen) atoms. The van der Waals surface area contributed by atoms with Gasteiger partial charge in [0, 0.05) is 6.07 Å². The lowest BCUT2D eigenvalue weighted by atomic mass is 10.2. The first-order valence-electron chi connectivity index (χ1n) is 5.31. The summed E-state index contributed by atoms with van der Waals surface area (Å²) in [6, 6.07) is 8.10. The van der Waals surface area contributed by atoms with E-state index in [-0.39, 0.29) is 0 Å². The fourth-order valence-electron chi connectivity index (χ4n) is 1.60. The number of hydrogen-bond donors (Lipinski definition) is 1. The molecule has 0 aliphatic rings. The van der Waals surface area contributed by atoms with E-state index in [0.717, 1.165) is 16.3 Å². The van der Waals surface area contributed by atoms with Gasteiger partial charge in [0.15, 0.2) is 5.13 Å². The Morgan fingerprint density at radius 2 is 2.29 bits per heavy atom. The average molecular weight is 245 g/mol. The molecule has 0 spiro atoms. The summed E-state index contributed by atoms with van der Waals surface area (Å²) in [4.78, 5) is 4.50. The number of hydrogen-bond acceptors (Lipinski definition) is 5. The summed E-state index contributed by atoms with van der Waals surface area (Å²) >= 11 is 1.65. The molecule has 2 heterocycles. The molecule has 3 rings (SSSR count). The predicted octanol–water partition coefficient (Wildman–Crippen LogP) is 3.20. The highest BCUT2D eigenvalue weighted by Crippen LogP contribution is 2.26. The van der Waals surface area contributed by atoms with Crippen molar-refractivity contribution < 1.29 is 4.52 Å². The summed E-state index contributed by atoms with van der Waals surface area (Å²) in [7, 11) is 0. The molecule has 0 amide bonds. The van der Waals surface area contributed by atoms with E-state index in [4.69, 9.17) is 4.52 Å². The van der Waals surface area contributed by atoms with Crippen LogP contribution < -0.4 is 5.32 Å². The highest BCUT2D eigenvalue weighted by molar-refractivity contribution is 7.22. The van der Waals surface area contributed by atoms with E-state index in [0.29, 0.717) is 6.54 Å². The van der Waals surface area contributed by atoms with Gasteiger partial charge in [-0.05, 0) is 24.6 Å². The predicted molar refractivity (Wildman–Crippen MR) is 68.2 cm³/mol. The molecule has 4 nitrogen and oxygen atoms in total. The Morgan fingerprint density at radius 3 is 3.12 bits per heavy atom. The molecule has 0 bridgehead atoms. The smallest absolute Gasteiger partial charge is 0.184 e. The van der Waals surface area contributed by atoms with Crippen LogP contribution in [0.4, 0.5) is 5.13 Å². The van der Waals surface area contributed by atoms with Crippen LogP contribution in [0.2, 0.25) is 0 Å².